The molecule has 0 aliphatic carbocycles. The smallest absolute Gasteiger partial charge is 0.354 e. The molecule has 2 rings (SSSR count). The summed E-state index contributed by atoms with van der Waals surface area (Å²) >= 11 is 6.01. The zero-order chi connectivity index (χ0) is 13.1. The molecule has 0 saturated carbocycles. The second kappa shape index (κ2) is 5.06. The lowest BCUT2D eigenvalue weighted by Crippen LogP contribution is -2.03. The molecule has 5 heteroatoms. The van der Waals surface area contributed by atoms with E-state index in [4.69, 9.17) is 16.7 Å². The van der Waals surface area contributed by atoms with E-state index in [1.165, 1.54) is 6.07 Å². The Morgan fingerprint density at radius 2 is 2.00 bits per heavy atom. The van der Waals surface area contributed by atoms with Crippen LogP contribution >= 0.6 is 11.6 Å². The van der Waals surface area contributed by atoms with Gasteiger partial charge in [-0.2, -0.15) is 0 Å². The Kier molecular flexibility index (Phi) is 3.48. The first-order valence-corrected chi connectivity index (χ1v) is 5.68. The van der Waals surface area contributed by atoms with Crippen molar-refractivity contribution in [3.8, 4) is 0 Å². The number of nitrogens with zero attached hydrogens (tertiary/aromatic N) is 1. The lowest BCUT2D eigenvalue weighted by molar-refractivity contribution is 0.0690. The molecule has 2 N–H and O–H groups in total. The molecule has 0 amide bonds. The molecule has 1 heterocycles. The highest BCUT2D eigenvalue weighted by Gasteiger charge is 2.07. The van der Waals surface area contributed by atoms with Crippen molar-refractivity contribution in [3.05, 3.63) is 52.7 Å². The molecule has 0 aliphatic heterocycles. The lowest BCUT2D eigenvalue weighted by Gasteiger charge is -2.10. The van der Waals surface area contributed by atoms with Crippen molar-refractivity contribution in [1.82, 2.24) is 4.98 Å². The molecule has 0 fully saturated rings. The van der Waals surface area contributed by atoms with Crippen LogP contribution in [0.15, 0.2) is 36.4 Å². The Hall–Kier alpha value is -2.07. The van der Waals surface area contributed by atoms with E-state index in [1.54, 1.807) is 18.2 Å². The molecule has 0 saturated heterocycles. The first kappa shape index (κ1) is 12.4. The third-order valence-corrected chi connectivity index (χ3v) is 2.91. The van der Waals surface area contributed by atoms with Crippen molar-refractivity contribution in [3.63, 3.8) is 0 Å². The van der Waals surface area contributed by atoms with Crippen molar-refractivity contribution in [2.75, 3.05) is 5.32 Å². The fourth-order valence-corrected chi connectivity index (χ4v) is 1.68. The topological polar surface area (TPSA) is 62.2 Å². The van der Waals surface area contributed by atoms with Gasteiger partial charge in [-0.25, -0.2) is 9.78 Å². The number of hydrogen-bond acceptors (Lipinski definition) is 3. The molecule has 1 aromatic heterocycles. The molecule has 0 atom stereocenters. The molecule has 0 bridgehead atoms. The van der Waals surface area contributed by atoms with E-state index in [0.717, 1.165) is 11.3 Å². The molecule has 1 aromatic carbocycles. The number of carbonyl (C=O) groups is 1. The summed E-state index contributed by atoms with van der Waals surface area (Å²) in [6.07, 6.45) is 0. The highest BCUT2D eigenvalue weighted by Crippen LogP contribution is 2.25. The maximum atomic E-state index is 10.8. The van der Waals surface area contributed by atoms with Crippen molar-refractivity contribution in [1.29, 1.82) is 0 Å². The number of carboxylic acid groups (broad SMARTS) is 1. The van der Waals surface area contributed by atoms with Gasteiger partial charge >= 0.3 is 5.97 Å². The van der Waals surface area contributed by atoms with E-state index in [0.29, 0.717) is 10.8 Å². The van der Waals surface area contributed by atoms with Gasteiger partial charge in [0.2, 0.25) is 0 Å². The molecule has 0 aliphatic rings. The van der Waals surface area contributed by atoms with Gasteiger partial charge in [-0.05, 0) is 36.8 Å². The number of benzene rings is 1. The number of anilines is 2. The maximum Gasteiger partial charge on any atom is 0.354 e. The predicted octanol–water partition coefficient (Wildman–Crippen LogP) is 3.49. The van der Waals surface area contributed by atoms with E-state index in [2.05, 4.69) is 10.3 Å². The van der Waals surface area contributed by atoms with Gasteiger partial charge < -0.3 is 10.4 Å². The standard InChI is InChI=1S/C13H11ClN2O2/c1-8-9(14)4-2-5-10(8)15-12-7-3-6-11(16-12)13(17)18/h2-7H,1H3,(H,15,16)(H,17,18). The van der Waals surface area contributed by atoms with Gasteiger partial charge in [-0.15, -0.1) is 0 Å². The Morgan fingerprint density at radius 3 is 2.72 bits per heavy atom. The third-order valence-electron chi connectivity index (χ3n) is 2.50. The van der Waals surface area contributed by atoms with Crippen molar-refractivity contribution >= 4 is 29.1 Å². The van der Waals surface area contributed by atoms with E-state index in [9.17, 15) is 4.79 Å². The number of pyridine rings is 1. The van der Waals surface area contributed by atoms with Crippen LogP contribution in [0.2, 0.25) is 5.02 Å². The quantitative estimate of drug-likeness (QED) is 0.889. The number of nitrogens with one attached hydrogen (secondary N) is 1. The monoisotopic (exact) mass is 262 g/mol. The molecular formula is C13H11ClN2O2. The number of aromatic nitrogens is 1. The average molecular weight is 263 g/mol. The summed E-state index contributed by atoms with van der Waals surface area (Å²) < 4.78 is 0. The fourth-order valence-electron chi connectivity index (χ4n) is 1.50. The van der Waals surface area contributed by atoms with Crippen LogP contribution in [0.5, 0.6) is 0 Å². The van der Waals surface area contributed by atoms with Gasteiger partial charge in [0.1, 0.15) is 5.82 Å². The molecule has 0 spiro atoms. The summed E-state index contributed by atoms with van der Waals surface area (Å²) in [6.45, 7) is 1.88. The molecule has 0 radical (unpaired) electrons. The molecule has 18 heavy (non-hydrogen) atoms. The van der Waals surface area contributed by atoms with Crippen LogP contribution < -0.4 is 5.32 Å². The Morgan fingerprint density at radius 1 is 1.28 bits per heavy atom. The van der Waals surface area contributed by atoms with Crippen molar-refractivity contribution in [2.24, 2.45) is 0 Å². The van der Waals surface area contributed by atoms with Crippen LogP contribution in [0.25, 0.3) is 0 Å². The minimum Gasteiger partial charge on any atom is -0.477 e. The van der Waals surface area contributed by atoms with Crippen molar-refractivity contribution in [2.45, 2.75) is 6.92 Å². The summed E-state index contributed by atoms with van der Waals surface area (Å²) in [5.41, 5.74) is 1.69. The summed E-state index contributed by atoms with van der Waals surface area (Å²) in [4.78, 5) is 14.8. The normalized spacial score (nSPS) is 10.1. The van der Waals surface area contributed by atoms with Crippen LogP contribution in [-0.4, -0.2) is 16.1 Å². The lowest BCUT2D eigenvalue weighted by atomic mass is 10.2. The van der Waals surface area contributed by atoms with Gasteiger partial charge in [0, 0.05) is 10.7 Å². The fraction of sp³-hybridized carbons (Fsp3) is 0.0769. The van der Waals surface area contributed by atoms with Gasteiger partial charge in [0.25, 0.3) is 0 Å². The molecular weight excluding hydrogens is 252 g/mol. The second-order valence-corrected chi connectivity index (χ2v) is 4.16. The predicted molar refractivity (Wildman–Crippen MR) is 70.7 cm³/mol. The largest absolute Gasteiger partial charge is 0.477 e. The third kappa shape index (κ3) is 2.60. The van der Waals surface area contributed by atoms with Gasteiger partial charge in [0.15, 0.2) is 5.69 Å². The Bertz CT molecular complexity index is 599. The number of hydrogen-bond donors (Lipinski definition) is 2. The van der Waals surface area contributed by atoms with E-state index in [1.807, 2.05) is 19.1 Å². The van der Waals surface area contributed by atoms with E-state index >= 15 is 0 Å². The molecule has 92 valence electrons. The van der Waals surface area contributed by atoms with Gasteiger partial charge in [-0.3, -0.25) is 0 Å². The van der Waals surface area contributed by atoms with E-state index in [-0.39, 0.29) is 5.69 Å². The number of rotatable bonds is 3. The highest BCUT2D eigenvalue weighted by atomic mass is 35.5. The second-order valence-electron chi connectivity index (χ2n) is 3.75. The summed E-state index contributed by atoms with van der Waals surface area (Å²) in [7, 11) is 0. The summed E-state index contributed by atoms with van der Waals surface area (Å²) in [6, 6.07) is 10.3. The Labute approximate surface area is 109 Å². The number of aromatic carboxylic acids is 1. The van der Waals surface area contributed by atoms with Crippen LogP contribution in [-0.2, 0) is 0 Å². The van der Waals surface area contributed by atoms with Crippen LogP contribution in [0, 0.1) is 6.92 Å². The van der Waals surface area contributed by atoms with E-state index < -0.39 is 5.97 Å². The minimum absolute atomic E-state index is 0.000295. The zero-order valence-corrected chi connectivity index (χ0v) is 10.4. The number of carboxylic acids is 1. The molecule has 4 nitrogen and oxygen atoms in total. The minimum atomic E-state index is -1.05. The molecule has 2 aromatic rings. The molecule has 0 unspecified atom stereocenters. The van der Waals surface area contributed by atoms with Gasteiger partial charge in [-0.1, -0.05) is 23.7 Å². The highest BCUT2D eigenvalue weighted by molar-refractivity contribution is 6.31. The Balaban J connectivity index is 2.31. The summed E-state index contributed by atoms with van der Waals surface area (Å²) in [5.74, 6) is -0.582. The van der Waals surface area contributed by atoms with Crippen LogP contribution in [0.3, 0.4) is 0 Å². The average Bonchev–Trinajstić information content (AvgIpc) is 2.35. The van der Waals surface area contributed by atoms with Crippen LogP contribution in [0.1, 0.15) is 16.1 Å². The maximum absolute atomic E-state index is 10.8. The zero-order valence-electron chi connectivity index (χ0n) is 9.64. The van der Waals surface area contributed by atoms with Crippen molar-refractivity contribution < 1.29 is 9.90 Å². The first-order chi connectivity index (χ1) is 8.58. The SMILES string of the molecule is Cc1c(Cl)cccc1Nc1cccc(C(=O)O)n1. The number of halogens is 1. The summed E-state index contributed by atoms with van der Waals surface area (Å²) in [5, 5.41) is 12.6. The van der Waals surface area contributed by atoms with Gasteiger partial charge in [0.05, 0.1) is 0 Å². The first-order valence-electron chi connectivity index (χ1n) is 5.30. The van der Waals surface area contributed by atoms with Crippen LogP contribution in [0.4, 0.5) is 11.5 Å².